The van der Waals surface area contributed by atoms with Crippen molar-refractivity contribution in [2.45, 2.75) is 90.9 Å². The van der Waals surface area contributed by atoms with E-state index in [9.17, 15) is 0 Å². The Morgan fingerprint density at radius 1 is 0.857 bits per heavy atom. The average Bonchev–Trinajstić information content (AvgIpc) is 2.76. The molecule has 2 aromatic rings. The van der Waals surface area contributed by atoms with Gasteiger partial charge in [0.05, 0.1) is 5.69 Å². The van der Waals surface area contributed by atoms with Crippen LogP contribution in [-0.2, 0) is 12.8 Å². The van der Waals surface area contributed by atoms with E-state index in [0.717, 1.165) is 24.7 Å². The van der Waals surface area contributed by atoms with Crippen molar-refractivity contribution in [1.29, 1.82) is 0 Å². The highest BCUT2D eigenvalue weighted by molar-refractivity contribution is 5.66. The Morgan fingerprint density at radius 3 is 2.43 bits per heavy atom. The second-order valence-electron chi connectivity index (χ2n) is 8.70. The van der Waals surface area contributed by atoms with E-state index in [0.29, 0.717) is 0 Å². The van der Waals surface area contributed by atoms with Crippen molar-refractivity contribution < 1.29 is 0 Å². The van der Waals surface area contributed by atoms with Gasteiger partial charge in [0.25, 0.3) is 0 Å². The molecule has 1 aromatic carbocycles. The standard InChI is InChI=1S/C26H38N2/c1-3-5-6-7-10-23-11-8-9-12-25(23)26-24(19-27-20-28-26)18-17-22-15-13-21(4-2)14-16-22/h8-9,11-12,19-22H,3-7,10,13-18H2,1-2H3. The highest BCUT2D eigenvalue weighted by Crippen LogP contribution is 2.34. The van der Waals surface area contributed by atoms with Crippen LogP contribution >= 0.6 is 0 Å². The van der Waals surface area contributed by atoms with Crippen LogP contribution in [0.4, 0.5) is 0 Å². The van der Waals surface area contributed by atoms with Crippen LogP contribution in [0.1, 0.15) is 89.2 Å². The molecule has 0 aliphatic heterocycles. The molecule has 0 atom stereocenters. The summed E-state index contributed by atoms with van der Waals surface area (Å²) in [6.45, 7) is 4.62. The number of unbranched alkanes of at least 4 members (excludes halogenated alkanes) is 3. The van der Waals surface area contributed by atoms with Crippen molar-refractivity contribution in [1.82, 2.24) is 9.97 Å². The molecule has 1 aliphatic rings. The Bertz CT molecular complexity index is 701. The van der Waals surface area contributed by atoms with Crippen molar-refractivity contribution in [3.05, 3.63) is 47.9 Å². The third-order valence-electron chi connectivity index (χ3n) is 6.73. The lowest BCUT2D eigenvalue weighted by atomic mass is 9.78. The van der Waals surface area contributed by atoms with Crippen molar-refractivity contribution in [2.75, 3.05) is 0 Å². The summed E-state index contributed by atoms with van der Waals surface area (Å²) in [6.07, 6.45) is 19.6. The summed E-state index contributed by atoms with van der Waals surface area (Å²) in [5.41, 5.74) is 5.28. The zero-order valence-electron chi connectivity index (χ0n) is 18.0. The molecular weight excluding hydrogens is 340 g/mol. The molecule has 1 aromatic heterocycles. The van der Waals surface area contributed by atoms with Gasteiger partial charge < -0.3 is 0 Å². The fourth-order valence-corrected chi connectivity index (χ4v) is 4.78. The third kappa shape index (κ3) is 5.90. The van der Waals surface area contributed by atoms with Crippen LogP contribution in [0.2, 0.25) is 0 Å². The molecule has 1 saturated carbocycles. The smallest absolute Gasteiger partial charge is 0.116 e. The molecule has 1 heterocycles. The molecule has 0 spiro atoms. The number of aromatic nitrogens is 2. The van der Waals surface area contributed by atoms with Crippen LogP contribution in [0.25, 0.3) is 11.3 Å². The van der Waals surface area contributed by atoms with Crippen LogP contribution in [-0.4, -0.2) is 9.97 Å². The predicted molar refractivity (Wildman–Crippen MR) is 119 cm³/mol. The number of hydrogen-bond acceptors (Lipinski definition) is 2. The summed E-state index contributed by atoms with van der Waals surface area (Å²) in [6, 6.07) is 8.88. The lowest BCUT2D eigenvalue weighted by Crippen LogP contribution is -2.14. The van der Waals surface area contributed by atoms with Crippen LogP contribution in [0.15, 0.2) is 36.8 Å². The maximum absolute atomic E-state index is 4.73. The molecule has 28 heavy (non-hydrogen) atoms. The van der Waals surface area contributed by atoms with Gasteiger partial charge >= 0.3 is 0 Å². The molecule has 152 valence electrons. The SMILES string of the molecule is CCCCCCc1ccccc1-c1ncncc1CCC1CCC(CC)CC1. The number of nitrogens with zero attached hydrogens (tertiary/aromatic N) is 2. The molecule has 0 amide bonds. The second kappa shape index (κ2) is 11.3. The van der Waals surface area contributed by atoms with Gasteiger partial charge in [-0.1, -0.05) is 89.5 Å². The first-order valence-corrected chi connectivity index (χ1v) is 11.7. The summed E-state index contributed by atoms with van der Waals surface area (Å²) in [4.78, 5) is 9.10. The van der Waals surface area contributed by atoms with Gasteiger partial charge in [0.1, 0.15) is 6.33 Å². The van der Waals surface area contributed by atoms with E-state index in [1.807, 2.05) is 0 Å². The van der Waals surface area contributed by atoms with Gasteiger partial charge in [-0.25, -0.2) is 9.97 Å². The molecule has 0 unspecified atom stereocenters. The van der Waals surface area contributed by atoms with E-state index in [1.54, 1.807) is 6.33 Å². The maximum atomic E-state index is 4.73. The van der Waals surface area contributed by atoms with E-state index in [-0.39, 0.29) is 0 Å². The molecular formula is C26H38N2. The van der Waals surface area contributed by atoms with Crippen molar-refractivity contribution >= 4 is 0 Å². The van der Waals surface area contributed by atoms with Gasteiger partial charge in [0.15, 0.2) is 0 Å². The summed E-state index contributed by atoms with van der Waals surface area (Å²) in [5, 5.41) is 0. The molecule has 0 saturated heterocycles. The quantitative estimate of drug-likeness (QED) is 0.402. The summed E-state index contributed by atoms with van der Waals surface area (Å²) in [7, 11) is 0. The van der Waals surface area contributed by atoms with E-state index in [1.165, 1.54) is 86.6 Å². The first kappa shape index (κ1) is 21.0. The first-order valence-electron chi connectivity index (χ1n) is 11.7. The minimum atomic E-state index is 0.889. The van der Waals surface area contributed by atoms with Gasteiger partial charge in [0.2, 0.25) is 0 Å². The fourth-order valence-electron chi connectivity index (χ4n) is 4.78. The largest absolute Gasteiger partial charge is 0.244 e. The van der Waals surface area contributed by atoms with Crippen molar-refractivity contribution in [2.24, 2.45) is 11.8 Å². The van der Waals surface area contributed by atoms with E-state index in [4.69, 9.17) is 4.98 Å². The third-order valence-corrected chi connectivity index (χ3v) is 6.73. The highest BCUT2D eigenvalue weighted by atomic mass is 14.8. The molecule has 0 bridgehead atoms. The Labute approximate surface area is 172 Å². The predicted octanol–water partition coefficient (Wildman–Crippen LogP) is 7.42. The molecule has 0 radical (unpaired) electrons. The monoisotopic (exact) mass is 378 g/mol. The van der Waals surface area contributed by atoms with Gasteiger partial charge in [-0.15, -0.1) is 0 Å². The van der Waals surface area contributed by atoms with E-state index < -0.39 is 0 Å². The lowest BCUT2D eigenvalue weighted by Gasteiger charge is -2.27. The minimum absolute atomic E-state index is 0.889. The van der Waals surface area contributed by atoms with E-state index in [2.05, 4.69) is 49.3 Å². The molecule has 1 aliphatic carbocycles. The normalized spacial score (nSPS) is 19.6. The minimum Gasteiger partial charge on any atom is -0.244 e. The van der Waals surface area contributed by atoms with Crippen molar-refractivity contribution in [3.8, 4) is 11.3 Å². The van der Waals surface area contributed by atoms with Crippen LogP contribution in [0, 0.1) is 11.8 Å². The van der Waals surface area contributed by atoms with E-state index >= 15 is 0 Å². The second-order valence-corrected chi connectivity index (χ2v) is 8.70. The first-order chi connectivity index (χ1) is 13.8. The molecule has 2 heteroatoms. The van der Waals surface area contributed by atoms with Gasteiger partial charge in [-0.05, 0) is 48.6 Å². The van der Waals surface area contributed by atoms with Crippen LogP contribution in [0.3, 0.4) is 0 Å². The molecule has 0 N–H and O–H groups in total. The molecule has 2 nitrogen and oxygen atoms in total. The molecule has 1 fully saturated rings. The Balaban J connectivity index is 1.67. The average molecular weight is 379 g/mol. The Hall–Kier alpha value is -1.70. The number of hydrogen-bond donors (Lipinski definition) is 0. The van der Waals surface area contributed by atoms with Crippen LogP contribution in [0.5, 0.6) is 0 Å². The number of rotatable bonds is 10. The Kier molecular flexibility index (Phi) is 8.51. The number of benzene rings is 1. The fraction of sp³-hybridized carbons (Fsp3) is 0.615. The van der Waals surface area contributed by atoms with Crippen molar-refractivity contribution in [3.63, 3.8) is 0 Å². The number of aryl methyl sites for hydroxylation is 2. The maximum Gasteiger partial charge on any atom is 0.116 e. The molecule has 3 rings (SSSR count). The summed E-state index contributed by atoms with van der Waals surface area (Å²) >= 11 is 0. The zero-order valence-corrected chi connectivity index (χ0v) is 18.0. The summed E-state index contributed by atoms with van der Waals surface area (Å²) in [5.74, 6) is 1.87. The summed E-state index contributed by atoms with van der Waals surface area (Å²) < 4.78 is 0. The Morgan fingerprint density at radius 2 is 1.64 bits per heavy atom. The van der Waals surface area contributed by atoms with Crippen LogP contribution < -0.4 is 0 Å². The van der Waals surface area contributed by atoms with Gasteiger partial charge in [-0.2, -0.15) is 0 Å². The van der Waals surface area contributed by atoms with Gasteiger partial charge in [0, 0.05) is 11.8 Å². The topological polar surface area (TPSA) is 25.8 Å². The highest BCUT2D eigenvalue weighted by Gasteiger charge is 2.20. The van der Waals surface area contributed by atoms with Gasteiger partial charge in [-0.3, -0.25) is 0 Å². The lowest BCUT2D eigenvalue weighted by molar-refractivity contribution is 0.259. The zero-order chi connectivity index (χ0) is 19.6.